The Labute approximate surface area is 164 Å². The van der Waals surface area contributed by atoms with Gasteiger partial charge in [0.05, 0.1) is 17.3 Å². The highest BCUT2D eigenvalue weighted by atomic mass is 35.5. The predicted molar refractivity (Wildman–Crippen MR) is 104 cm³/mol. The summed E-state index contributed by atoms with van der Waals surface area (Å²) in [5.74, 6) is 0.512. The minimum Gasteiger partial charge on any atom is -0.396 e. The van der Waals surface area contributed by atoms with Crippen LogP contribution in [0.2, 0.25) is 5.02 Å². The van der Waals surface area contributed by atoms with Gasteiger partial charge in [0.2, 0.25) is 5.91 Å². The van der Waals surface area contributed by atoms with Crippen molar-refractivity contribution in [1.29, 1.82) is 0 Å². The molecule has 27 heavy (non-hydrogen) atoms. The van der Waals surface area contributed by atoms with E-state index in [0.29, 0.717) is 36.9 Å². The second-order valence-electron chi connectivity index (χ2n) is 8.31. The molecule has 2 unspecified atom stereocenters. The first-order valence-corrected chi connectivity index (χ1v) is 10.0. The van der Waals surface area contributed by atoms with Crippen LogP contribution in [0.3, 0.4) is 0 Å². The molecule has 2 saturated heterocycles. The van der Waals surface area contributed by atoms with E-state index < -0.39 is 5.41 Å². The number of fused-ring (bicyclic) bond motifs is 1. The summed E-state index contributed by atoms with van der Waals surface area (Å²) >= 11 is 6.22. The van der Waals surface area contributed by atoms with Gasteiger partial charge in [-0.05, 0) is 31.4 Å². The Morgan fingerprint density at radius 1 is 1.26 bits per heavy atom. The quantitative estimate of drug-likeness (QED) is 0.832. The molecule has 2 aliphatic heterocycles. The van der Waals surface area contributed by atoms with Crippen molar-refractivity contribution in [2.24, 2.45) is 17.3 Å². The molecular formula is C20H26ClN3O3. The SMILES string of the molecule is Cc1cccc(Cl)c1NC(=O)N1CC2CN(C(=O)C3CCC3)CC2(CO)C1. The average molecular weight is 392 g/mol. The molecule has 0 bridgehead atoms. The summed E-state index contributed by atoms with van der Waals surface area (Å²) in [5.41, 5.74) is 1.12. The number of carbonyl (C=O) groups is 2. The molecule has 2 heterocycles. The van der Waals surface area contributed by atoms with Crippen LogP contribution in [0.4, 0.5) is 10.5 Å². The van der Waals surface area contributed by atoms with Crippen LogP contribution in [0.25, 0.3) is 0 Å². The lowest BCUT2D eigenvalue weighted by Gasteiger charge is -2.32. The minimum atomic E-state index is -0.410. The number of benzene rings is 1. The highest BCUT2D eigenvalue weighted by Crippen LogP contribution is 2.44. The number of aliphatic hydroxyl groups excluding tert-OH is 1. The maximum absolute atomic E-state index is 12.8. The van der Waals surface area contributed by atoms with Crippen LogP contribution in [0.15, 0.2) is 18.2 Å². The molecule has 3 aliphatic rings. The molecular weight excluding hydrogens is 366 g/mol. The fourth-order valence-corrected chi connectivity index (χ4v) is 4.88. The topological polar surface area (TPSA) is 72.9 Å². The van der Waals surface area contributed by atoms with Crippen LogP contribution in [-0.2, 0) is 4.79 Å². The molecule has 6 nitrogen and oxygen atoms in total. The minimum absolute atomic E-state index is 0.0129. The van der Waals surface area contributed by atoms with E-state index in [0.717, 1.165) is 24.8 Å². The zero-order valence-electron chi connectivity index (χ0n) is 15.6. The van der Waals surface area contributed by atoms with Gasteiger partial charge in [-0.1, -0.05) is 30.2 Å². The molecule has 1 saturated carbocycles. The predicted octanol–water partition coefficient (Wildman–Crippen LogP) is 2.73. The lowest BCUT2D eigenvalue weighted by molar-refractivity contribution is -0.137. The molecule has 2 atom stereocenters. The van der Waals surface area contributed by atoms with Crippen molar-refractivity contribution >= 4 is 29.2 Å². The van der Waals surface area contributed by atoms with Gasteiger partial charge in [0, 0.05) is 43.4 Å². The van der Waals surface area contributed by atoms with Gasteiger partial charge in [-0.2, -0.15) is 0 Å². The van der Waals surface area contributed by atoms with Crippen LogP contribution >= 0.6 is 11.6 Å². The zero-order chi connectivity index (χ0) is 19.2. The summed E-state index contributed by atoms with van der Waals surface area (Å²) in [6.07, 6.45) is 3.10. The Morgan fingerprint density at radius 2 is 1.96 bits per heavy atom. The molecule has 7 heteroatoms. The number of hydrogen-bond donors (Lipinski definition) is 2. The van der Waals surface area contributed by atoms with Crippen molar-refractivity contribution < 1.29 is 14.7 Å². The molecule has 3 fully saturated rings. The highest BCUT2D eigenvalue weighted by Gasteiger charge is 2.54. The molecule has 1 aromatic rings. The number of likely N-dealkylation sites (tertiary alicyclic amines) is 2. The average Bonchev–Trinajstić information content (AvgIpc) is 3.11. The summed E-state index contributed by atoms with van der Waals surface area (Å²) < 4.78 is 0. The maximum atomic E-state index is 12.8. The normalized spacial score (nSPS) is 27.4. The van der Waals surface area contributed by atoms with Gasteiger partial charge < -0.3 is 20.2 Å². The van der Waals surface area contributed by atoms with Crippen LogP contribution in [-0.4, -0.2) is 59.6 Å². The van der Waals surface area contributed by atoms with Gasteiger partial charge >= 0.3 is 6.03 Å². The molecule has 1 aliphatic carbocycles. The second kappa shape index (κ2) is 6.99. The largest absolute Gasteiger partial charge is 0.396 e. The Morgan fingerprint density at radius 3 is 2.56 bits per heavy atom. The van der Waals surface area contributed by atoms with Crippen molar-refractivity contribution in [2.75, 3.05) is 38.1 Å². The van der Waals surface area contributed by atoms with Crippen LogP contribution < -0.4 is 5.32 Å². The van der Waals surface area contributed by atoms with E-state index in [1.54, 1.807) is 11.0 Å². The lowest BCUT2D eigenvalue weighted by atomic mass is 9.82. The number of carbonyl (C=O) groups excluding carboxylic acids is 2. The number of nitrogens with one attached hydrogen (secondary N) is 1. The van der Waals surface area contributed by atoms with Crippen molar-refractivity contribution in [3.63, 3.8) is 0 Å². The van der Waals surface area contributed by atoms with Crippen molar-refractivity contribution in [3.05, 3.63) is 28.8 Å². The first-order chi connectivity index (χ1) is 12.9. The third kappa shape index (κ3) is 3.19. The fourth-order valence-electron chi connectivity index (χ4n) is 4.62. The van der Waals surface area contributed by atoms with Crippen LogP contribution in [0.1, 0.15) is 24.8 Å². The number of amides is 3. The van der Waals surface area contributed by atoms with Crippen molar-refractivity contribution in [2.45, 2.75) is 26.2 Å². The van der Waals surface area contributed by atoms with E-state index in [4.69, 9.17) is 11.6 Å². The number of aliphatic hydroxyl groups is 1. The van der Waals surface area contributed by atoms with Gasteiger partial charge in [0.15, 0.2) is 0 Å². The molecule has 146 valence electrons. The molecule has 1 aromatic carbocycles. The summed E-state index contributed by atoms with van der Waals surface area (Å²) in [7, 11) is 0. The van der Waals surface area contributed by atoms with E-state index in [9.17, 15) is 14.7 Å². The first kappa shape index (κ1) is 18.6. The van der Waals surface area contributed by atoms with E-state index in [1.807, 2.05) is 24.0 Å². The number of para-hydroxylation sites is 1. The van der Waals surface area contributed by atoms with Gasteiger partial charge in [0.1, 0.15) is 0 Å². The standard InChI is InChI=1S/C20H26ClN3O3/c1-13-4-2-7-16(21)17(13)22-19(27)24-9-15-8-23(10-20(15,11-24)12-25)18(26)14-5-3-6-14/h2,4,7,14-15,25H,3,5-6,8-12H2,1H3,(H,22,27). The molecule has 2 N–H and O–H groups in total. The number of urea groups is 1. The molecule has 0 aromatic heterocycles. The van der Waals surface area contributed by atoms with Crippen molar-refractivity contribution in [3.8, 4) is 0 Å². The summed E-state index contributed by atoms with van der Waals surface area (Å²) in [6.45, 7) is 4.06. The molecule has 3 amide bonds. The van der Waals surface area contributed by atoms with E-state index >= 15 is 0 Å². The van der Waals surface area contributed by atoms with Crippen molar-refractivity contribution in [1.82, 2.24) is 9.80 Å². The number of nitrogens with zero attached hydrogens (tertiary/aromatic N) is 2. The Balaban J connectivity index is 1.43. The summed E-state index contributed by atoms with van der Waals surface area (Å²) in [6, 6.07) is 5.30. The molecule has 4 rings (SSSR count). The Bertz CT molecular complexity index is 747. The number of rotatable bonds is 3. The van der Waals surface area contributed by atoms with Crippen LogP contribution in [0, 0.1) is 24.2 Å². The fraction of sp³-hybridized carbons (Fsp3) is 0.600. The monoisotopic (exact) mass is 391 g/mol. The third-order valence-electron chi connectivity index (χ3n) is 6.58. The third-order valence-corrected chi connectivity index (χ3v) is 6.90. The first-order valence-electron chi connectivity index (χ1n) is 9.64. The van der Waals surface area contributed by atoms with Gasteiger partial charge in [0.25, 0.3) is 0 Å². The molecule has 0 radical (unpaired) electrons. The lowest BCUT2D eigenvalue weighted by Crippen LogP contribution is -2.43. The van der Waals surface area contributed by atoms with Gasteiger partial charge in [-0.3, -0.25) is 4.79 Å². The number of hydrogen-bond acceptors (Lipinski definition) is 3. The van der Waals surface area contributed by atoms with Crippen LogP contribution in [0.5, 0.6) is 0 Å². The smallest absolute Gasteiger partial charge is 0.321 e. The highest BCUT2D eigenvalue weighted by molar-refractivity contribution is 6.33. The zero-order valence-corrected chi connectivity index (χ0v) is 16.3. The Hall–Kier alpha value is -1.79. The maximum Gasteiger partial charge on any atom is 0.321 e. The summed E-state index contributed by atoms with van der Waals surface area (Å²) in [4.78, 5) is 29.0. The van der Waals surface area contributed by atoms with E-state index in [2.05, 4.69) is 5.32 Å². The number of anilines is 1. The number of aryl methyl sites for hydroxylation is 1. The van der Waals surface area contributed by atoms with E-state index in [1.165, 1.54) is 0 Å². The van der Waals surface area contributed by atoms with Gasteiger partial charge in [-0.15, -0.1) is 0 Å². The summed E-state index contributed by atoms with van der Waals surface area (Å²) in [5, 5.41) is 13.5. The van der Waals surface area contributed by atoms with Gasteiger partial charge in [-0.25, -0.2) is 4.79 Å². The second-order valence-corrected chi connectivity index (χ2v) is 8.71. The Kier molecular flexibility index (Phi) is 4.80. The number of halogens is 1. The van der Waals surface area contributed by atoms with E-state index in [-0.39, 0.29) is 30.4 Å². The molecule has 0 spiro atoms.